The minimum absolute atomic E-state index is 0.0333. The van der Waals surface area contributed by atoms with Crippen molar-refractivity contribution in [1.29, 1.82) is 0 Å². The van der Waals surface area contributed by atoms with Crippen molar-refractivity contribution in [3.05, 3.63) is 0 Å². The molecule has 0 saturated heterocycles. The van der Waals surface area contributed by atoms with Crippen LogP contribution in [0.25, 0.3) is 0 Å². The van der Waals surface area contributed by atoms with Crippen LogP contribution in [-0.2, 0) is 4.79 Å². The molecule has 0 aliphatic rings. The van der Waals surface area contributed by atoms with Gasteiger partial charge in [-0.1, -0.05) is 13.3 Å². The average Bonchev–Trinajstić information content (AvgIpc) is 2.03. The Balaban J connectivity index is 4.31. The molecule has 0 fully saturated rings. The van der Waals surface area contributed by atoms with Crippen LogP contribution in [0.15, 0.2) is 0 Å². The number of rotatable bonds is 5. The first-order valence-corrected chi connectivity index (χ1v) is 5.67. The topological polar surface area (TPSA) is 29.1 Å². The molecule has 1 N–H and O–H groups in total. The highest BCUT2D eigenvalue weighted by molar-refractivity contribution is 6.19. The Kier molecular flexibility index (Phi) is 4.93. The second-order valence-corrected chi connectivity index (χ2v) is 5.37. The molecule has 2 nitrogen and oxygen atoms in total. The Bertz CT molecular complexity index is 199. The minimum Gasteiger partial charge on any atom is -0.351 e. The van der Waals surface area contributed by atoms with Crippen molar-refractivity contribution in [2.75, 3.05) is 5.88 Å². The summed E-state index contributed by atoms with van der Waals surface area (Å²) in [4.78, 5) is 11.8. The first-order chi connectivity index (χ1) is 6.25. The normalized spacial score (nSPS) is 12.7. The van der Waals surface area contributed by atoms with Crippen molar-refractivity contribution in [3.8, 4) is 0 Å². The highest BCUT2D eigenvalue weighted by atomic mass is 35.5. The third kappa shape index (κ3) is 4.32. The van der Waals surface area contributed by atoms with Crippen molar-refractivity contribution in [2.45, 2.75) is 53.0 Å². The molecule has 0 spiro atoms. The van der Waals surface area contributed by atoms with Gasteiger partial charge in [0.1, 0.15) is 0 Å². The van der Waals surface area contributed by atoms with E-state index in [4.69, 9.17) is 11.6 Å². The van der Waals surface area contributed by atoms with Gasteiger partial charge in [0.05, 0.1) is 5.41 Å². The quantitative estimate of drug-likeness (QED) is 0.708. The molecule has 3 heteroatoms. The Hall–Kier alpha value is -0.240. The summed E-state index contributed by atoms with van der Waals surface area (Å²) in [6, 6.07) is 0. The fourth-order valence-electron chi connectivity index (χ4n) is 1.22. The molecule has 0 aromatic rings. The smallest absolute Gasteiger partial charge is 0.227 e. The van der Waals surface area contributed by atoms with Crippen LogP contribution < -0.4 is 5.32 Å². The maximum absolute atomic E-state index is 11.8. The molecule has 0 aliphatic heterocycles. The zero-order valence-electron chi connectivity index (χ0n) is 9.91. The van der Waals surface area contributed by atoms with E-state index in [1.807, 2.05) is 27.7 Å². The maximum Gasteiger partial charge on any atom is 0.227 e. The van der Waals surface area contributed by atoms with E-state index >= 15 is 0 Å². The van der Waals surface area contributed by atoms with Gasteiger partial charge < -0.3 is 5.32 Å². The molecule has 0 atom stereocenters. The summed E-state index contributed by atoms with van der Waals surface area (Å²) in [5, 5.41) is 3.02. The van der Waals surface area contributed by atoms with Crippen LogP contribution >= 0.6 is 11.6 Å². The summed E-state index contributed by atoms with van der Waals surface area (Å²) >= 11 is 5.73. The predicted octanol–water partition coefficient (Wildman–Crippen LogP) is 2.95. The Morgan fingerprint density at radius 3 is 2.14 bits per heavy atom. The number of carbonyl (C=O) groups is 1. The van der Waals surface area contributed by atoms with Crippen molar-refractivity contribution < 1.29 is 4.79 Å². The number of hydrogen-bond donors (Lipinski definition) is 1. The van der Waals surface area contributed by atoms with E-state index in [-0.39, 0.29) is 11.4 Å². The van der Waals surface area contributed by atoms with Crippen LogP contribution in [0.2, 0.25) is 0 Å². The molecular formula is C11H22ClNO. The van der Waals surface area contributed by atoms with Crippen LogP contribution in [0, 0.1) is 5.41 Å². The van der Waals surface area contributed by atoms with Gasteiger partial charge in [-0.25, -0.2) is 0 Å². The molecule has 0 radical (unpaired) electrons. The maximum atomic E-state index is 11.8. The highest BCUT2D eigenvalue weighted by Gasteiger charge is 2.30. The molecule has 0 aromatic carbocycles. The molecule has 14 heavy (non-hydrogen) atoms. The molecule has 0 aromatic heterocycles. The van der Waals surface area contributed by atoms with Crippen molar-refractivity contribution in [3.63, 3.8) is 0 Å². The summed E-state index contributed by atoms with van der Waals surface area (Å²) in [5.74, 6) is 0.382. The van der Waals surface area contributed by atoms with Gasteiger partial charge >= 0.3 is 0 Å². The molecule has 0 saturated carbocycles. The zero-order chi connectivity index (χ0) is 11.4. The van der Waals surface area contributed by atoms with Crippen LogP contribution in [0.1, 0.15) is 47.5 Å². The largest absolute Gasteiger partial charge is 0.351 e. The number of nitrogens with one attached hydrogen (secondary N) is 1. The number of halogens is 1. The number of hydrogen-bond acceptors (Lipinski definition) is 1. The van der Waals surface area contributed by atoms with Crippen molar-refractivity contribution in [1.82, 2.24) is 5.32 Å². The average molecular weight is 220 g/mol. The van der Waals surface area contributed by atoms with Crippen LogP contribution in [0.4, 0.5) is 0 Å². The van der Waals surface area contributed by atoms with E-state index in [2.05, 4.69) is 12.2 Å². The SMILES string of the molecule is CCCC(C)(C)NC(=O)C(C)(C)CCl. The van der Waals surface area contributed by atoms with Crippen molar-refractivity contribution >= 4 is 17.5 Å². The summed E-state index contributed by atoms with van der Waals surface area (Å²) in [6.07, 6.45) is 2.05. The molecule has 0 rings (SSSR count). The number of alkyl halides is 1. The predicted molar refractivity (Wildman–Crippen MR) is 61.6 cm³/mol. The lowest BCUT2D eigenvalue weighted by atomic mass is 9.91. The van der Waals surface area contributed by atoms with E-state index in [9.17, 15) is 4.79 Å². The first kappa shape index (κ1) is 13.8. The Labute approximate surface area is 92.4 Å². The van der Waals surface area contributed by atoms with Gasteiger partial charge in [-0.05, 0) is 34.1 Å². The summed E-state index contributed by atoms with van der Waals surface area (Å²) < 4.78 is 0. The lowest BCUT2D eigenvalue weighted by molar-refractivity contribution is -0.130. The van der Waals surface area contributed by atoms with Gasteiger partial charge in [0.15, 0.2) is 0 Å². The fourth-order valence-corrected chi connectivity index (χ4v) is 1.35. The second-order valence-electron chi connectivity index (χ2n) is 5.11. The zero-order valence-corrected chi connectivity index (χ0v) is 10.7. The Morgan fingerprint density at radius 2 is 1.79 bits per heavy atom. The first-order valence-electron chi connectivity index (χ1n) is 5.14. The van der Waals surface area contributed by atoms with Crippen LogP contribution in [0.3, 0.4) is 0 Å². The van der Waals surface area contributed by atoms with E-state index < -0.39 is 5.41 Å². The van der Waals surface area contributed by atoms with E-state index in [1.165, 1.54) is 0 Å². The van der Waals surface area contributed by atoms with Gasteiger partial charge in [-0.3, -0.25) is 4.79 Å². The standard InChI is InChI=1S/C11H22ClNO/c1-6-7-11(4,5)13-9(14)10(2,3)8-12/h6-8H2,1-5H3,(H,13,14). The Morgan fingerprint density at radius 1 is 1.29 bits per heavy atom. The lowest BCUT2D eigenvalue weighted by Gasteiger charge is -2.30. The van der Waals surface area contributed by atoms with Gasteiger partial charge in [0.2, 0.25) is 5.91 Å². The van der Waals surface area contributed by atoms with Gasteiger partial charge in [-0.15, -0.1) is 11.6 Å². The van der Waals surface area contributed by atoms with Gasteiger partial charge in [0.25, 0.3) is 0 Å². The molecule has 84 valence electrons. The highest BCUT2D eigenvalue weighted by Crippen LogP contribution is 2.20. The fraction of sp³-hybridized carbons (Fsp3) is 0.909. The third-order valence-electron chi connectivity index (χ3n) is 2.28. The summed E-state index contributed by atoms with van der Waals surface area (Å²) in [7, 11) is 0. The number of amides is 1. The van der Waals surface area contributed by atoms with Crippen LogP contribution in [0.5, 0.6) is 0 Å². The van der Waals surface area contributed by atoms with Crippen LogP contribution in [-0.4, -0.2) is 17.3 Å². The summed E-state index contributed by atoms with van der Waals surface area (Å²) in [5.41, 5.74) is -0.609. The van der Waals surface area contributed by atoms with E-state index in [0.29, 0.717) is 5.88 Å². The lowest BCUT2D eigenvalue weighted by Crippen LogP contribution is -2.49. The van der Waals surface area contributed by atoms with Crippen molar-refractivity contribution in [2.24, 2.45) is 5.41 Å². The minimum atomic E-state index is -0.480. The van der Waals surface area contributed by atoms with E-state index in [1.54, 1.807) is 0 Å². The summed E-state index contributed by atoms with van der Waals surface area (Å²) in [6.45, 7) is 9.91. The molecular weight excluding hydrogens is 198 g/mol. The van der Waals surface area contributed by atoms with Gasteiger partial charge in [0, 0.05) is 11.4 Å². The monoisotopic (exact) mass is 219 g/mol. The van der Waals surface area contributed by atoms with Gasteiger partial charge in [-0.2, -0.15) is 0 Å². The molecule has 0 bridgehead atoms. The molecule has 0 heterocycles. The molecule has 0 aliphatic carbocycles. The second kappa shape index (κ2) is 5.01. The third-order valence-corrected chi connectivity index (χ3v) is 2.94. The number of carbonyl (C=O) groups excluding carboxylic acids is 1. The molecule has 0 unspecified atom stereocenters. The van der Waals surface area contributed by atoms with E-state index in [0.717, 1.165) is 12.8 Å². The molecule has 1 amide bonds.